The van der Waals surface area contributed by atoms with Gasteiger partial charge >= 0.3 is 0 Å². The molecule has 0 spiro atoms. The maximum Gasteiger partial charge on any atom is 0.251 e. The van der Waals surface area contributed by atoms with Gasteiger partial charge in [0.2, 0.25) is 11.8 Å². The zero-order valence-corrected chi connectivity index (χ0v) is 16.5. The molecule has 2 rings (SSSR count). The van der Waals surface area contributed by atoms with Crippen LogP contribution in [0, 0.1) is 18.8 Å². The molecule has 0 radical (unpaired) electrons. The second-order valence-electron chi connectivity index (χ2n) is 7.62. The summed E-state index contributed by atoms with van der Waals surface area (Å²) in [4.78, 5) is 36.8. The molecule has 3 N–H and O–H groups in total. The van der Waals surface area contributed by atoms with Crippen molar-refractivity contribution in [2.45, 2.75) is 52.5 Å². The lowest BCUT2D eigenvalue weighted by Crippen LogP contribution is -2.51. The number of carbonyl (C=O) groups excluding carboxylic acids is 3. The molecule has 3 amide bonds. The van der Waals surface area contributed by atoms with E-state index in [1.165, 1.54) is 0 Å². The standard InChI is InChI=1S/C21H31N3O3/c1-14(2)18(24-20(26)17-10-8-15(3)9-11-17)21(27)23-13-12-22-19(25)16-6-4-5-7-16/h8-11,14,16,18H,4-7,12-13H2,1-3H3,(H,22,25)(H,23,27)(H,24,26). The zero-order chi connectivity index (χ0) is 19.8. The van der Waals surface area contributed by atoms with Gasteiger partial charge in [-0.3, -0.25) is 14.4 Å². The van der Waals surface area contributed by atoms with Crippen LogP contribution < -0.4 is 16.0 Å². The van der Waals surface area contributed by atoms with Crippen molar-refractivity contribution in [1.29, 1.82) is 0 Å². The first-order valence-electron chi connectivity index (χ1n) is 9.81. The molecule has 0 saturated heterocycles. The smallest absolute Gasteiger partial charge is 0.251 e. The van der Waals surface area contributed by atoms with E-state index in [0.717, 1.165) is 31.2 Å². The normalized spacial score (nSPS) is 15.4. The van der Waals surface area contributed by atoms with Crippen LogP contribution in [-0.2, 0) is 9.59 Å². The number of carbonyl (C=O) groups is 3. The predicted molar refractivity (Wildman–Crippen MR) is 105 cm³/mol. The zero-order valence-electron chi connectivity index (χ0n) is 16.5. The van der Waals surface area contributed by atoms with Gasteiger partial charge < -0.3 is 16.0 Å². The Morgan fingerprint density at radius 3 is 2.19 bits per heavy atom. The number of aryl methyl sites for hydroxylation is 1. The van der Waals surface area contributed by atoms with E-state index in [1.54, 1.807) is 12.1 Å². The molecule has 6 heteroatoms. The third-order valence-corrected chi connectivity index (χ3v) is 5.00. The first kappa shape index (κ1) is 20.9. The lowest BCUT2D eigenvalue weighted by molar-refractivity contribution is -0.126. The highest BCUT2D eigenvalue weighted by Gasteiger charge is 2.25. The first-order valence-corrected chi connectivity index (χ1v) is 9.81. The minimum absolute atomic E-state index is 0.0486. The number of benzene rings is 1. The number of nitrogens with one attached hydrogen (secondary N) is 3. The third kappa shape index (κ3) is 6.38. The third-order valence-electron chi connectivity index (χ3n) is 5.00. The van der Waals surface area contributed by atoms with Crippen molar-refractivity contribution >= 4 is 17.7 Å². The Balaban J connectivity index is 1.79. The van der Waals surface area contributed by atoms with Gasteiger partial charge in [-0.15, -0.1) is 0 Å². The van der Waals surface area contributed by atoms with E-state index in [1.807, 2.05) is 32.9 Å². The maximum absolute atomic E-state index is 12.5. The minimum atomic E-state index is -0.621. The molecule has 27 heavy (non-hydrogen) atoms. The Labute approximate surface area is 161 Å². The molecule has 0 bridgehead atoms. The summed E-state index contributed by atoms with van der Waals surface area (Å²) in [5.41, 5.74) is 1.60. The van der Waals surface area contributed by atoms with E-state index in [0.29, 0.717) is 18.7 Å². The quantitative estimate of drug-likeness (QED) is 0.610. The second-order valence-corrected chi connectivity index (χ2v) is 7.62. The van der Waals surface area contributed by atoms with Crippen LogP contribution in [0.4, 0.5) is 0 Å². The summed E-state index contributed by atoms with van der Waals surface area (Å²) in [6, 6.07) is 6.61. The summed E-state index contributed by atoms with van der Waals surface area (Å²) in [6.07, 6.45) is 4.15. The molecule has 1 fully saturated rings. The van der Waals surface area contributed by atoms with Crippen LogP contribution in [0.2, 0.25) is 0 Å². The van der Waals surface area contributed by atoms with E-state index < -0.39 is 6.04 Å². The van der Waals surface area contributed by atoms with Gasteiger partial charge in [0.1, 0.15) is 6.04 Å². The Morgan fingerprint density at radius 2 is 1.59 bits per heavy atom. The van der Waals surface area contributed by atoms with Crippen molar-refractivity contribution in [1.82, 2.24) is 16.0 Å². The van der Waals surface area contributed by atoms with Crippen LogP contribution in [0.1, 0.15) is 55.5 Å². The molecule has 1 aromatic rings. The fourth-order valence-electron chi connectivity index (χ4n) is 3.28. The predicted octanol–water partition coefficient (Wildman–Crippen LogP) is 2.17. The summed E-state index contributed by atoms with van der Waals surface area (Å²) >= 11 is 0. The Morgan fingerprint density at radius 1 is 1.00 bits per heavy atom. The fraction of sp³-hybridized carbons (Fsp3) is 0.571. The van der Waals surface area contributed by atoms with Crippen LogP contribution >= 0.6 is 0 Å². The summed E-state index contributed by atoms with van der Waals surface area (Å²) < 4.78 is 0. The fourth-order valence-corrected chi connectivity index (χ4v) is 3.28. The van der Waals surface area contributed by atoms with Crippen molar-refractivity contribution in [2.24, 2.45) is 11.8 Å². The van der Waals surface area contributed by atoms with Gasteiger partial charge in [-0.25, -0.2) is 0 Å². The average molecular weight is 373 g/mol. The monoisotopic (exact) mass is 373 g/mol. The molecule has 1 aliphatic carbocycles. The van der Waals surface area contributed by atoms with Crippen LogP contribution in [-0.4, -0.2) is 36.9 Å². The van der Waals surface area contributed by atoms with E-state index in [9.17, 15) is 14.4 Å². The Hall–Kier alpha value is -2.37. The van der Waals surface area contributed by atoms with Crippen LogP contribution in [0.5, 0.6) is 0 Å². The average Bonchev–Trinajstić information content (AvgIpc) is 3.17. The van der Waals surface area contributed by atoms with Crippen LogP contribution in [0.3, 0.4) is 0 Å². The summed E-state index contributed by atoms with van der Waals surface area (Å²) in [7, 11) is 0. The SMILES string of the molecule is Cc1ccc(C(=O)NC(C(=O)NCCNC(=O)C2CCCC2)C(C)C)cc1. The molecule has 1 atom stereocenters. The minimum Gasteiger partial charge on any atom is -0.354 e. The van der Waals surface area contributed by atoms with Crippen molar-refractivity contribution in [3.05, 3.63) is 35.4 Å². The van der Waals surface area contributed by atoms with Crippen molar-refractivity contribution in [3.63, 3.8) is 0 Å². The van der Waals surface area contributed by atoms with Crippen LogP contribution in [0.25, 0.3) is 0 Å². The van der Waals surface area contributed by atoms with Gasteiger partial charge in [-0.2, -0.15) is 0 Å². The lowest BCUT2D eigenvalue weighted by atomic mass is 10.0. The largest absolute Gasteiger partial charge is 0.354 e. The Kier molecular flexibility index (Phi) is 7.82. The number of amides is 3. The highest BCUT2D eigenvalue weighted by molar-refractivity contribution is 5.97. The molecule has 0 aliphatic heterocycles. The van der Waals surface area contributed by atoms with E-state index in [4.69, 9.17) is 0 Å². The molecular formula is C21H31N3O3. The Bertz CT molecular complexity index is 649. The number of hydrogen-bond acceptors (Lipinski definition) is 3. The number of hydrogen-bond donors (Lipinski definition) is 3. The second kappa shape index (κ2) is 10.1. The molecule has 1 unspecified atom stereocenters. The molecule has 148 valence electrons. The molecule has 1 aliphatic rings. The van der Waals surface area contributed by atoms with Crippen molar-refractivity contribution in [3.8, 4) is 0 Å². The van der Waals surface area contributed by atoms with Gasteiger partial charge in [-0.1, -0.05) is 44.4 Å². The lowest BCUT2D eigenvalue weighted by Gasteiger charge is -2.22. The first-order chi connectivity index (χ1) is 12.9. The molecule has 6 nitrogen and oxygen atoms in total. The summed E-state index contributed by atoms with van der Waals surface area (Å²) in [5.74, 6) is -0.348. The van der Waals surface area contributed by atoms with Gasteiger partial charge in [0.05, 0.1) is 0 Å². The van der Waals surface area contributed by atoms with Gasteiger partial charge in [0.25, 0.3) is 5.91 Å². The highest BCUT2D eigenvalue weighted by Crippen LogP contribution is 2.24. The van der Waals surface area contributed by atoms with Crippen molar-refractivity contribution in [2.75, 3.05) is 13.1 Å². The molecule has 1 saturated carbocycles. The molecule has 0 aromatic heterocycles. The van der Waals surface area contributed by atoms with E-state index in [2.05, 4.69) is 16.0 Å². The van der Waals surface area contributed by atoms with Gasteiger partial charge in [0.15, 0.2) is 0 Å². The molecule has 0 heterocycles. The molecular weight excluding hydrogens is 342 g/mol. The topological polar surface area (TPSA) is 87.3 Å². The van der Waals surface area contributed by atoms with E-state index in [-0.39, 0.29) is 29.6 Å². The highest BCUT2D eigenvalue weighted by atomic mass is 16.2. The molecule has 1 aromatic carbocycles. The number of rotatable bonds is 8. The summed E-state index contributed by atoms with van der Waals surface area (Å²) in [6.45, 7) is 6.49. The van der Waals surface area contributed by atoms with Crippen LogP contribution in [0.15, 0.2) is 24.3 Å². The van der Waals surface area contributed by atoms with E-state index >= 15 is 0 Å². The maximum atomic E-state index is 12.5. The van der Waals surface area contributed by atoms with Gasteiger partial charge in [-0.05, 0) is 37.8 Å². The summed E-state index contributed by atoms with van der Waals surface area (Å²) in [5, 5.41) is 8.49. The van der Waals surface area contributed by atoms with Crippen molar-refractivity contribution < 1.29 is 14.4 Å². The van der Waals surface area contributed by atoms with Gasteiger partial charge in [0, 0.05) is 24.6 Å².